The SMILES string of the molecule is [2H]C([2H])([C@]([2H])(O)CC(=O)[O-])[N+](C)(C)CC(=O)CC. The molecule has 0 aliphatic carbocycles. The van der Waals surface area contributed by atoms with E-state index in [1.54, 1.807) is 6.92 Å². The number of carbonyl (C=O) groups is 2. The van der Waals surface area contributed by atoms with Crippen molar-refractivity contribution in [1.29, 1.82) is 0 Å². The number of rotatable bonds is 7. The van der Waals surface area contributed by atoms with Crippen molar-refractivity contribution in [2.24, 2.45) is 0 Å². The summed E-state index contributed by atoms with van der Waals surface area (Å²) in [6.07, 6.45) is -3.83. The smallest absolute Gasteiger partial charge is 0.186 e. The van der Waals surface area contributed by atoms with Crippen LogP contribution >= 0.6 is 0 Å². The highest BCUT2D eigenvalue weighted by molar-refractivity contribution is 5.79. The zero-order chi connectivity index (χ0) is 14.8. The summed E-state index contributed by atoms with van der Waals surface area (Å²) in [7, 11) is 2.64. The van der Waals surface area contributed by atoms with Gasteiger partial charge in [0.15, 0.2) is 5.78 Å². The summed E-state index contributed by atoms with van der Waals surface area (Å²) in [5.41, 5.74) is 0. The number of aliphatic hydroxyl groups is 1. The molecule has 0 aromatic carbocycles. The second kappa shape index (κ2) is 5.82. The van der Waals surface area contributed by atoms with E-state index in [-0.39, 0.29) is 18.7 Å². The summed E-state index contributed by atoms with van der Waals surface area (Å²) in [5.74, 6) is -1.97. The van der Waals surface area contributed by atoms with Gasteiger partial charge < -0.3 is 19.5 Å². The number of aliphatic carboxylic acids is 1. The van der Waals surface area contributed by atoms with Crippen LogP contribution in [0.2, 0.25) is 0 Å². The first-order valence-corrected chi connectivity index (χ1v) is 4.64. The first-order chi connectivity index (χ1) is 7.87. The average molecular weight is 220 g/mol. The zero-order valence-electron chi connectivity index (χ0n) is 12.2. The van der Waals surface area contributed by atoms with E-state index in [1.165, 1.54) is 14.1 Å². The van der Waals surface area contributed by atoms with Gasteiger partial charge in [0.25, 0.3) is 0 Å². The molecule has 0 aliphatic rings. The van der Waals surface area contributed by atoms with Crippen molar-refractivity contribution >= 4 is 11.8 Å². The van der Waals surface area contributed by atoms with E-state index in [2.05, 4.69) is 0 Å². The van der Waals surface area contributed by atoms with E-state index in [9.17, 15) is 19.8 Å². The fraction of sp³-hybridized carbons (Fsp3) is 0.800. The molecule has 0 spiro atoms. The number of hydrogen-bond donors (Lipinski definition) is 1. The number of carbonyl (C=O) groups excluding carboxylic acids is 2. The number of Topliss-reactive ketones (excluding diaryl/α,β-unsaturated/α-hetero) is 1. The normalized spacial score (nSPS) is 19.6. The summed E-state index contributed by atoms with van der Waals surface area (Å²) in [5, 5.41) is 20.1. The van der Waals surface area contributed by atoms with Gasteiger partial charge in [-0.1, -0.05) is 6.92 Å². The minimum absolute atomic E-state index is 0.203. The molecule has 0 amide bonds. The topological polar surface area (TPSA) is 77.4 Å². The quantitative estimate of drug-likeness (QED) is 0.532. The Kier molecular flexibility index (Phi) is 3.61. The van der Waals surface area contributed by atoms with Gasteiger partial charge in [0, 0.05) is 18.8 Å². The van der Waals surface area contributed by atoms with E-state index in [0.717, 1.165) is 0 Å². The van der Waals surface area contributed by atoms with E-state index < -0.39 is 29.5 Å². The molecule has 0 fully saturated rings. The van der Waals surface area contributed by atoms with Crippen LogP contribution in [0.1, 0.15) is 23.9 Å². The molecule has 5 heteroatoms. The van der Waals surface area contributed by atoms with Gasteiger partial charge in [-0.15, -0.1) is 0 Å². The lowest BCUT2D eigenvalue weighted by molar-refractivity contribution is -0.885. The van der Waals surface area contributed by atoms with Gasteiger partial charge >= 0.3 is 0 Å². The molecule has 0 unspecified atom stereocenters. The van der Waals surface area contributed by atoms with E-state index >= 15 is 0 Å². The molecule has 0 aromatic rings. The third kappa shape index (κ3) is 7.04. The predicted molar refractivity (Wildman–Crippen MR) is 52.8 cm³/mol. The molecule has 0 saturated heterocycles. The van der Waals surface area contributed by atoms with Gasteiger partial charge in [0.05, 0.1) is 18.2 Å². The monoisotopic (exact) mass is 220 g/mol. The van der Waals surface area contributed by atoms with Gasteiger partial charge in [-0.3, -0.25) is 4.79 Å². The Morgan fingerprint density at radius 3 is 2.53 bits per heavy atom. The van der Waals surface area contributed by atoms with Gasteiger partial charge in [-0.2, -0.15) is 0 Å². The van der Waals surface area contributed by atoms with E-state index in [0.29, 0.717) is 0 Å². The summed E-state index contributed by atoms with van der Waals surface area (Å²) < 4.78 is 22.3. The zero-order valence-corrected chi connectivity index (χ0v) is 9.24. The van der Waals surface area contributed by atoms with Crippen LogP contribution in [-0.4, -0.2) is 54.6 Å². The number of carboxylic acids is 1. The van der Waals surface area contributed by atoms with Crippen LogP contribution in [0.4, 0.5) is 0 Å². The van der Waals surface area contributed by atoms with Crippen molar-refractivity contribution in [3.8, 4) is 0 Å². The number of likely N-dealkylation sites (N-methyl/N-ethyl adjacent to an activating group) is 1. The number of carboxylic acid groups (broad SMARTS) is 1. The summed E-state index contributed by atoms with van der Waals surface area (Å²) in [4.78, 5) is 21.8. The lowest BCUT2D eigenvalue weighted by atomic mass is 10.2. The Morgan fingerprint density at radius 2 is 2.13 bits per heavy atom. The van der Waals surface area contributed by atoms with Crippen LogP contribution in [0.15, 0.2) is 0 Å². The third-order valence-electron chi connectivity index (χ3n) is 1.71. The van der Waals surface area contributed by atoms with Crippen molar-refractivity contribution in [3.63, 3.8) is 0 Å². The highest BCUT2D eigenvalue weighted by Gasteiger charge is 2.23. The number of hydrogen-bond acceptors (Lipinski definition) is 4. The summed E-state index contributed by atoms with van der Waals surface area (Å²) in [6.45, 7) is -1.25. The number of nitrogens with zero attached hydrogens (tertiary/aromatic N) is 1. The second-order valence-electron chi connectivity index (χ2n) is 3.84. The average Bonchev–Trinajstić information content (AvgIpc) is 2.14. The van der Waals surface area contributed by atoms with Crippen LogP contribution in [0.3, 0.4) is 0 Å². The Bertz CT molecular complexity index is 342. The molecule has 0 heterocycles. The molecule has 88 valence electrons. The number of ketones is 1. The molecule has 0 bridgehead atoms. The van der Waals surface area contributed by atoms with Crippen molar-refractivity contribution in [2.45, 2.75) is 25.8 Å². The summed E-state index contributed by atoms with van der Waals surface area (Å²) >= 11 is 0. The van der Waals surface area contributed by atoms with Gasteiger partial charge in [-0.25, -0.2) is 0 Å². The Hall–Kier alpha value is -0.940. The molecule has 15 heavy (non-hydrogen) atoms. The fourth-order valence-electron chi connectivity index (χ4n) is 1.12. The fourth-order valence-corrected chi connectivity index (χ4v) is 1.12. The third-order valence-corrected chi connectivity index (χ3v) is 1.71. The largest absolute Gasteiger partial charge is 0.550 e. The molecule has 0 radical (unpaired) electrons. The molecule has 1 N–H and O–H groups in total. The van der Waals surface area contributed by atoms with Crippen molar-refractivity contribution in [3.05, 3.63) is 0 Å². The van der Waals surface area contributed by atoms with Crippen molar-refractivity contribution in [2.75, 3.05) is 27.1 Å². The van der Waals surface area contributed by atoms with Crippen molar-refractivity contribution in [1.82, 2.24) is 0 Å². The molecular weight excluding hydrogens is 198 g/mol. The number of quaternary nitrogens is 1. The minimum Gasteiger partial charge on any atom is -0.550 e. The van der Waals surface area contributed by atoms with Crippen LogP contribution in [-0.2, 0) is 9.59 Å². The molecule has 0 saturated carbocycles. The van der Waals surface area contributed by atoms with Crippen LogP contribution in [0.25, 0.3) is 0 Å². The first kappa shape index (κ1) is 9.30. The van der Waals surface area contributed by atoms with Gasteiger partial charge in [0.1, 0.15) is 19.1 Å². The standard InChI is InChI=1S/C10H19NO4/c1-4-8(12)6-11(2,3)7-9(13)5-10(14)15/h9,13H,4-7H2,1-3H3/t9-/m1/s1/i7D2,9D. The van der Waals surface area contributed by atoms with E-state index in [4.69, 9.17) is 4.11 Å². The Labute approximate surface area is 94.1 Å². The molecule has 0 rings (SSSR count). The molecule has 0 aliphatic heterocycles. The lowest BCUT2D eigenvalue weighted by Gasteiger charge is -2.31. The van der Waals surface area contributed by atoms with Gasteiger partial charge in [0.2, 0.25) is 0 Å². The van der Waals surface area contributed by atoms with Gasteiger partial charge in [-0.05, 0) is 0 Å². The van der Waals surface area contributed by atoms with Crippen LogP contribution in [0, 0.1) is 0 Å². The van der Waals surface area contributed by atoms with Crippen LogP contribution in [0.5, 0.6) is 0 Å². The highest BCUT2D eigenvalue weighted by atomic mass is 16.4. The Balaban J connectivity index is 5.21. The molecular formula is C10H19NO4. The van der Waals surface area contributed by atoms with E-state index in [1.807, 2.05) is 0 Å². The highest BCUT2D eigenvalue weighted by Crippen LogP contribution is 2.03. The lowest BCUT2D eigenvalue weighted by Crippen LogP contribution is -2.49. The maximum atomic E-state index is 11.4. The maximum absolute atomic E-state index is 11.4. The summed E-state index contributed by atoms with van der Waals surface area (Å²) in [6, 6.07) is 0. The molecule has 5 nitrogen and oxygen atoms in total. The first-order valence-electron chi connectivity index (χ1n) is 6.14. The minimum atomic E-state index is -2.87. The van der Waals surface area contributed by atoms with Crippen LogP contribution < -0.4 is 5.11 Å². The predicted octanol–water partition coefficient (Wildman–Crippen LogP) is -1.46. The molecule has 1 atom stereocenters. The maximum Gasteiger partial charge on any atom is 0.186 e. The van der Waals surface area contributed by atoms with Crippen molar-refractivity contribution < 1.29 is 28.4 Å². The second-order valence-corrected chi connectivity index (χ2v) is 3.84. The molecule has 0 aromatic heterocycles. The Morgan fingerprint density at radius 1 is 1.60 bits per heavy atom.